The summed E-state index contributed by atoms with van der Waals surface area (Å²) in [5.41, 5.74) is 11.0. The number of methoxy groups -OCH3 is 4. The van der Waals surface area contributed by atoms with Crippen LogP contribution in [0.15, 0.2) is 146 Å². The molecule has 0 amide bonds. The zero-order chi connectivity index (χ0) is 52.2. The Bertz CT molecular complexity index is 3540. The van der Waals surface area contributed by atoms with E-state index in [0.29, 0.717) is 55.3 Å². The molecule has 10 aromatic rings. The van der Waals surface area contributed by atoms with E-state index in [1.807, 2.05) is 114 Å². The monoisotopic (exact) mass is 1050 g/mol. The van der Waals surface area contributed by atoms with E-state index < -0.39 is 40.8 Å². The van der Waals surface area contributed by atoms with E-state index >= 15 is 0 Å². The fourth-order valence-electron chi connectivity index (χ4n) is 11.2. The van der Waals surface area contributed by atoms with Gasteiger partial charge < -0.3 is 28.0 Å². The lowest BCUT2D eigenvalue weighted by Gasteiger charge is -2.31. The molecule has 0 atom stereocenters. The molecule has 382 valence electrons. The Kier molecular flexibility index (Phi) is 12.9. The maximum absolute atomic E-state index is 13.6. The minimum Gasteiger partial charge on any atom is -0.465 e. The first kappa shape index (κ1) is 48.7. The van der Waals surface area contributed by atoms with E-state index in [2.05, 4.69) is 24.3 Å². The van der Waals surface area contributed by atoms with Gasteiger partial charge in [0.25, 0.3) is 0 Å². The van der Waals surface area contributed by atoms with E-state index in [1.54, 1.807) is 24.8 Å². The lowest BCUT2D eigenvalue weighted by atomic mass is 9.80. The normalized spacial score (nSPS) is 13.3. The molecule has 2 aliphatic rings. The number of aryl methyl sites for hydroxylation is 2. The number of hydrogen-bond acceptors (Lipinski definition) is 10. The molecule has 0 spiro atoms. The van der Waals surface area contributed by atoms with Crippen LogP contribution in [0, 0.1) is 0 Å². The smallest absolute Gasteiger partial charge is 0.340 e. The second-order valence-electron chi connectivity index (χ2n) is 18.8. The van der Waals surface area contributed by atoms with Crippen molar-refractivity contribution < 1.29 is 47.2 Å². The predicted octanol–water partition coefficient (Wildman–Crippen LogP) is 13.5. The highest BCUT2D eigenvalue weighted by Gasteiger charge is 2.35. The van der Waals surface area contributed by atoms with Gasteiger partial charge in [-0.2, -0.15) is 0 Å². The van der Waals surface area contributed by atoms with Gasteiger partial charge in [-0.25, -0.2) is 19.2 Å². The van der Waals surface area contributed by atoms with Gasteiger partial charge in [0.1, 0.15) is 11.5 Å². The standard InChI is InChI=1S/C60H52N4O10P2/c1-69-57(65)45-33-61(49-25-13-9-21-41(45)49)75(62-34-46(58(66)70-2)42-22-10-14-26-50(42)62)73-53-31-29-37-17-5-7-19-39(37)55(53)56-40-20-8-6-18-38(40)30-32-54(56)74-76(63-35-47(59(67)71-3)43-23-11-15-27-51(43)63)64-36-48(60(68)72-4)44-24-12-16-28-52(44)64/h9-16,21-36H,5-8,17-20H2,1-4H3. The number of nitrogens with zero attached hydrogens (tertiary/aromatic N) is 4. The fourth-order valence-corrected chi connectivity index (χ4v) is 14.9. The molecule has 14 nitrogen and oxygen atoms in total. The number of rotatable bonds is 13. The first-order valence-corrected chi connectivity index (χ1v) is 27.5. The number of ether oxygens (including phenoxy) is 4. The zero-order valence-electron chi connectivity index (χ0n) is 42.3. The van der Waals surface area contributed by atoms with Crippen LogP contribution >= 0.6 is 16.9 Å². The van der Waals surface area contributed by atoms with E-state index in [9.17, 15) is 19.2 Å². The van der Waals surface area contributed by atoms with Crippen molar-refractivity contribution in [1.29, 1.82) is 0 Å². The molecule has 0 fully saturated rings. The van der Waals surface area contributed by atoms with Crippen molar-refractivity contribution in [2.45, 2.75) is 51.4 Å². The highest BCUT2D eigenvalue weighted by atomic mass is 31.2. The van der Waals surface area contributed by atoms with Crippen LogP contribution in [0.2, 0.25) is 0 Å². The van der Waals surface area contributed by atoms with Crippen molar-refractivity contribution in [3.8, 4) is 22.6 Å². The molecule has 0 radical (unpaired) electrons. The number of esters is 4. The quantitative estimate of drug-likeness (QED) is 0.0622. The highest BCUT2D eigenvalue weighted by Crippen LogP contribution is 2.56. The van der Waals surface area contributed by atoms with Gasteiger partial charge in [0.2, 0.25) is 0 Å². The van der Waals surface area contributed by atoms with Gasteiger partial charge in [-0.15, -0.1) is 0 Å². The molecule has 12 rings (SSSR count). The Morgan fingerprint density at radius 2 is 0.645 bits per heavy atom. The minimum atomic E-state index is -2.04. The van der Waals surface area contributed by atoms with Crippen LogP contribution < -0.4 is 9.05 Å². The molecule has 0 N–H and O–H groups in total. The highest BCUT2D eigenvalue weighted by molar-refractivity contribution is 7.50. The number of fused-ring (bicyclic) bond motifs is 6. The summed E-state index contributed by atoms with van der Waals surface area (Å²) in [4.78, 5) is 54.5. The Morgan fingerprint density at radius 3 is 0.934 bits per heavy atom. The number of benzene rings is 6. The Labute approximate surface area is 440 Å². The number of aromatic nitrogens is 4. The van der Waals surface area contributed by atoms with Crippen molar-refractivity contribution in [2.75, 3.05) is 28.4 Å². The fraction of sp³-hybridized carbons (Fsp3) is 0.200. The first-order valence-electron chi connectivity index (χ1n) is 25.2. The third kappa shape index (κ3) is 8.18. The molecule has 0 saturated heterocycles. The molecule has 76 heavy (non-hydrogen) atoms. The number of carbonyl (C=O) groups is 4. The SMILES string of the molecule is COC(=O)c1cn(P(Oc2ccc3c(c2-c2c(OP(n4cc(C(=O)OC)c5ccccc54)n4cc(C(=O)OC)c5ccccc54)ccc4c2CCCC4)CCCC3)n2cc(C(=O)OC)c3ccccc32)c2ccccc12. The molecule has 4 heterocycles. The van der Waals surface area contributed by atoms with Gasteiger partial charge in [-0.3, -0.25) is 17.4 Å². The lowest BCUT2D eigenvalue weighted by molar-refractivity contribution is 0.0594. The first-order chi connectivity index (χ1) is 37.2. The Hall–Kier alpha value is -8.18. The topological polar surface area (TPSA) is 143 Å². The molecule has 0 bridgehead atoms. The second-order valence-corrected chi connectivity index (χ2v) is 21.9. The van der Waals surface area contributed by atoms with Crippen molar-refractivity contribution in [3.05, 3.63) is 191 Å². The molecule has 6 aromatic carbocycles. The van der Waals surface area contributed by atoms with Crippen LogP contribution in [0.3, 0.4) is 0 Å². The van der Waals surface area contributed by atoms with Crippen molar-refractivity contribution >= 4 is 84.4 Å². The zero-order valence-corrected chi connectivity index (χ0v) is 44.1. The summed E-state index contributed by atoms with van der Waals surface area (Å²) < 4.78 is 44.8. The summed E-state index contributed by atoms with van der Waals surface area (Å²) in [6.45, 7) is 0. The lowest BCUT2D eigenvalue weighted by Crippen LogP contribution is -2.13. The predicted molar refractivity (Wildman–Crippen MR) is 295 cm³/mol. The number of para-hydroxylation sites is 4. The summed E-state index contributed by atoms with van der Waals surface area (Å²) in [5.74, 6) is -0.801. The van der Waals surface area contributed by atoms with Crippen molar-refractivity contribution in [3.63, 3.8) is 0 Å². The average molecular weight is 1050 g/mol. The van der Waals surface area contributed by atoms with E-state index in [0.717, 1.165) is 95.7 Å². The molecular formula is C60H52N4O10P2. The number of carbonyl (C=O) groups excluding carboxylic acids is 4. The van der Waals surface area contributed by atoms with Crippen molar-refractivity contribution in [2.24, 2.45) is 0 Å². The third-order valence-corrected chi connectivity index (χ3v) is 18.2. The van der Waals surface area contributed by atoms with E-state index in [-0.39, 0.29) is 0 Å². The van der Waals surface area contributed by atoms with Crippen LogP contribution in [0.25, 0.3) is 54.7 Å². The Balaban J connectivity index is 1.13. The van der Waals surface area contributed by atoms with Gasteiger partial charge in [0, 0.05) is 57.5 Å². The Morgan fingerprint density at radius 1 is 0.368 bits per heavy atom. The molecule has 0 saturated carbocycles. The van der Waals surface area contributed by atoms with Gasteiger partial charge in [-0.1, -0.05) is 84.9 Å². The molecule has 2 aliphatic carbocycles. The summed E-state index contributed by atoms with van der Waals surface area (Å²) in [7, 11) is 1.40. The number of hydrogen-bond donors (Lipinski definition) is 0. The average Bonchev–Trinajstić information content (AvgIpc) is 4.28. The van der Waals surface area contributed by atoms with Gasteiger partial charge in [0.15, 0.2) is 0 Å². The summed E-state index contributed by atoms with van der Waals surface area (Å²) >= 11 is 0. The summed E-state index contributed by atoms with van der Waals surface area (Å²) in [6, 6.07) is 39.1. The minimum absolute atomic E-state index is 0.367. The summed E-state index contributed by atoms with van der Waals surface area (Å²) in [6.07, 6.45) is 14.4. The van der Waals surface area contributed by atoms with Crippen LogP contribution in [0.5, 0.6) is 11.5 Å². The third-order valence-electron chi connectivity index (χ3n) is 14.7. The van der Waals surface area contributed by atoms with E-state index in [4.69, 9.17) is 28.0 Å². The molecule has 16 heteroatoms. The summed E-state index contributed by atoms with van der Waals surface area (Å²) in [5, 5.41) is 2.73. The molecule has 0 unspecified atom stereocenters. The maximum Gasteiger partial charge on any atom is 0.340 e. The van der Waals surface area contributed by atoms with Crippen LogP contribution in [0.1, 0.15) is 89.4 Å². The van der Waals surface area contributed by atoms with Gasteiger partial charge in [0.05, 0.1) is 72.8 Å². The van der Waals surface area contributed by atoms with Gasteiger partial charge in [-0.05, 0) is 110 Å². The van der Waals surface area contributed by atoms with Crippen molar-refractivity contribution in [1.82, 2.24) is 17.4 Å². The van der Waals surface area contributed by atoms with Crippen LogP contribution in [0.4, 0.5) is 0 Å². The molecular weight excluding hydrogens is 999 g/mol. The van der Waals surface area contributed by atoms with Crippen LogP contribution in [-0.4, -0.2) is 69.7 Å². The molecule has 0 aliphatic heterocycles. The largest absolute Gasteiger partial charge is 0.465 e. The van der Waals surface area contributed by atoms with E-state index in [1.165, 1.54) is 39.6 Å². The molecule has 4 aromatic heterocycles. The maximum atomic E-state index is 13.6. The van der Waals surface area contributed by atoms with Gasteiger partial charge >= 0.3 is 40.8 Å². The second kappa shape index (κ2) is 20.2. The van der Waals surface area contributed by atoms with Crippen LogP contribution in [-0.2, 0) is 44.6 Å².